The van der Waals surface area contributed by atoms with Crippen molar-refractivity contribution in [3.63, 3.8) is 0 Å². The molecule has 0 amide bonds. The fourth-order valence-electron chi connectivity index (χ4n) is 3.92. The zero-order valence-electron chi connectivity index (χ0n) is 17.8. The van der Waals surface area contributed by atoms with Gasteiger partial charge >= 0.3 is 0 Å². The molecule has 0 bridgehead atoms. The summed E-state index contributed by atoms with van der Waals surface area (Å²) in [6.07, 6.45) is 4.91. The van der Waals surface area contributed by atoms with Gasteiger partial charge < -0.3 is 0 Å². The molecule has 0 N–H and O–H groups in total. The first kappa shape index (κ1) is 23.7. The van der Waals surface area contributed by atoms with Crippen LogP contribution in [0.3, 0.4) is 0 Å². The van der Waals surface area contributed by atoms with Crippen LogP contribution >= 0.6 is 11.6 Å². The molecule has 2 heterocycles. The molecule has 6 nitrogen and oxygen atoms in total. The maximum absolute atomic E-state index is 12.9. The van der Waals surface area contributed by atoms with Gasteiger partial charge in [0.05, 0.1) is 23.7 Å². The van der Waals surface area contributed by atoms with E-state index in [2.05, 4.69) is 6.92 Å². The molecule has 8 heteroatoms. The van der Waals surface area contributed by atoms with Gasteiger partial charge in [0.1, 0.15) is 15.7 Å². The van der Waals surface area contributed by atoms with Crippen LogP contribution in [0.5, 0.6) is 0 Å². The van der Waals surface area contributed by atoms with E-state index in [1.165, 1.54) is 10.6 Å². The Labute approximate surface area is 188 Å². The second-order valence-electron chi connectivity index (χ2n) is 8.28. The first-order chi connectivity index (χ1) is 14.8. The largest absolute Gasteiger partial charge is 0.298 e. The van der Waals surface area contributed by atoms with Crippen molar-refractivity contribution < 1.29 is 13.2 Å². The first-order valence-electron chi connectivity index (χ1n) is 10.9. The molecule has 1 aliphatic heterocycles. The number of halogens is 1. The molecular formula is C23H29ClN2O4S. The summed E-state index contributed by atoms with van der Waals surface area (Å²) in [5.74, 6) is 0.917. The molecule has 0 atom stereocenters. The Hall–Kier alpha value is -1.99. The quantitative estimate of drug-likeness (QED) is 0.522. The van der Waals surface area contributed by atoms with Crippen molar-refractivity contribution in [2.45, 2.75) is 58.4 Å². The SMILES string of the molecule is CCCCCc1nc(-c2ccc(Cl)cc2)cc(=O)n1CC(=O)CC1CCS(=O)(=O)CC1. The smallest absolute Gasteiger partial charge is 0.254 e. The van der Waals surface area contributed by atoms with Crippen LogP contribution in [0.25, 0.3) is 11.3 Å². The van der Waals surface area contributed by atoms with Crippen molar-refractivity contribution in [1.82, 2.24) is 9.55 Å². The third kappa shape index (κ3) is 6.74. The highest BCUT2D eigenvalue weighted by atomic mass is 35.5. The molecule has 2 aromatic rings. The minimum absolute atomic E-state index is 0.0164. The predicted octanol–water partition coefficient (Wildman–Crippen LogP) is 4.08. The number of rotatable bonds is 9. The van der Waals surface area contributed by atoms with E-state index in [0.717, 1.165) is 24.8 Å². The van der Waals surface area contributed by atoms with Crippen molar-refractivity contribution >= 4 is 27.2 Å². The van der Waals surface area contributed by atoms with E-state index in [9.17, 15) is 18.0 Å². The van der Waals surface area contributed by atoms with Crippen LogP contribution in [-0.2, 0) is 27.6 Å². The molecular weight excluding hydrogens is 436 g/mol. The van der Waals surface area contributed by atoms with Gasteiger partial charge in [0.2, 0.25) is 0 Å². The van der Waals surface area contributed by atoms with Crippen molar-refractivity contribution in [3.05, 3.63) is 51.5 Å². The Morgan fingerprint density at radius 3 is 2.48 bits per heavy atom. The molecule has 0 saturated carbocycles. The van der Waals surface area contributed by atoms with Crippen LogP contribution in [0.15, 0.2) is 35.1 Å². The number of benzene rings is 1. The summed E-state index contributed by atoms with van der Waals surface area (Å²) in [6.45, 7) is 2.09. The van der Waals surface area contributed by atoms with Crippen molar-refractivity contribution in [2.24, 2.45) is 5.92 Å². The Balaban J connectivity index is 1.79. The van der Waals surface area contributed by atoms with E-state index in [0.29, 0.717) is 42.2 Å². The normalized spacial score (nSPS) is 16.3. The maximum Gasteiger partial charge on any atom is 0.254 e. The van der Waals surface area contributed by atoms with E-state index in [4.69, 9.17) is 16.6 Å². The minimum atomic E-state index is -2.96. The number of unbranched alkanes of at least 4 members (excludes halogenated alkanes) is 2. The number of aryl methyl sites for hydroxylation is 1. The fourth-order valence-corrected chi connectivity index (χ4v) is 5.64. The Kier molecular flexibility index (Phi) is 8.06. The second-order valence-corrected chi connectivity index (χ2v) is 11.0. The van der Waals surface area contributed by atoms with Crippen LogP contribution < -0.4 is 5.56 Å². The second kappa shape index (κ2) is 10.6. The van der Waals surface area contributed by atoms with E-state index in [1.54, 1.807) is 12.1 Å². The highest BCUT2D eigenvalue weighted by molar-refractivity contribution is 7.91. The molecule has 1 aromatic heterocycles. The fraction of sp³-hybridized carbons (Fsp3) is 0.522. The van der Waals surface area contributed by atoms with Gasteiger partial charge in [0.15, 0.2) is 5.78 Å². The van der Waals surface area contributed by atoms with Crippen LogP contribution in [0, 0.1) is 5.92 Å². The summed E-state index contributed by atoms with van der Waals surface area (Å²) in [6, 6.07) is 8.63. The molecule has 0 spiro atoms. The highest BCUT2D eigenvalue weighted by Gasteiger charge is 2.25. The lowest BCUT2D eigenvalue weighted by atomic mass is 9.96. The van der Waals surface area contributed by atoms with Gasteiger partial charge in [-0.05, 0) is 37.3 Å². The molecule has 0 radical (unpaired) electrons. The molecule has 0 unspecified atom stereocenters. The standard InChI is InChI=1S/C23H29ClN2O4S/c1-2-3-4-5-22-25-21(18-6-8-19(24)9-7-18)15-23(28)26(22)16-20(27)14-17-10-12-31(29,30)13-11-17/h6-9,15,17H,2-5,10-14,16H2,1H3. The Morgan fingerprint density at radius 1 is 1.16 bits per heavy atom. The zero-order valence-corrected chi connectivity index (χ0v) is 19.4. The molecule has 168 valence electrons. The third-order valence-corrected chi connectivity index (χ3v) is 7.72. The molecule has 3 rings (SSSR count). The first-order valence-corrected chi connectivity index (χ1v) is 13.1. The number of sulfone groups is 1. The summed E-state index contributed by atoms with van der Waals surface area (Å²) >= 11 is 5.97. The maximum atomic E-state index is 12.9. The molecule has 1 saturated heterocycles. The van der Waals surface area contributed by atoms with Crippen LogP contribution in [-0.4, -0.2) is 35.3 Å². The van der Waals surface area contributed by atoms with E-state index >= 15 is 0 Å². The third-order valence-electron chi connectivity index (χ3n) is 5.76. The lowest BCUT2D eigenvalue weighted by Gasteiger charge is -2.21. The van der Waals surface area contributed by atoms with Gasteiger partial charge in [-0.3, -0.25) is 14.2 Å². The highest BCUT2D eigenvalue weighted by Crippen LogP contribution is 2.23. The Morgan fingerprint density at radius 2 is 1.84 bits per heavy atom. The number of hydrogen-bond donors (Lipinski definition) is 0. The zero-order chi connectivity index (χ0) is 22.4. The van der Waals surface area contributed by atoms with Gasteiger partial charge in [-0.1, -0.05) is 43.5 Å². The number of hydrogen-bond acceptors (Lipinski definition) is 5. The summed E-state index contributed by atoms with van der Waals surface area (Å²) in [5.41, 5.74) is 1.14. The summed E-state index contributed by atoms with van der Waals surface area (Å²) < 4.78 is 24.7. The monoisotopic (exact) mass is 464 g/mol. The number of Topliss-reactive ketones (excluding diaryl/α,β-unsaturated/α-hetero) is 1. The summed E-state index contributed by atoms with van der Waals surface area (Å²) in [7, 11) is -2.96. The minimum Gasteiger partial charge on any atom is -0.298 e. The van der Waals surface area contributed by atoms with Crippen molar-refractivity contribution in [1.29, 1.82) is 0 Å². The van der Waals surface area contributed by atoms with Gasteiger partial charge in [-0.15, -0.1) is 0 Å². The summed E-state index contributed by atoms with van der Waals surface area (Å²) in [5, 5.41) is 0.612. The van der Waals surface area contributed by atoms with Gasteiger partial charge in [0.25, 0.3) is 5.56 Å². The van der Waals surface area contributed by atoms with E-state index in [1.807, 2.05) is 12.1 Å². The lowest BCUT2D eigenvalue weighted by molar-refractivity contribution is -0.120. The van der Waals surface area contributed by atoms with Crippen molar-refractivity contribution in [2.75, 3.05) is 11.5 Å². The van der Waals surface area contributed by atoms with Crippen LogP contribution in [0.1, 0.15) is 51.3 Å². The molecule has 1 aliphatic rings. The number of ketones is 1. The van der Waals surface area contributed by atoms with Gasteiger partial charge in [-0.25, -0.2) is 13.4 Å². The lowest BCUT2D eigenvalue weighted by Crippen LogP contribution is -2.30. The summed E-state index contributed by atoms with van der Waals surface area (Å²) in [4.78, 5) is 30.3. The number of nitrogens with zero attached hydrogens (tertiary/aromatic N) is 2. The average Bonchev–Trinajstić information content (AvgIpc) is 2.72. The number of aromatic nitrogens is 2. The van der Waals surface area contributed by atoms with Gasteiger partial charge in [-0.2, -0.15) is 0 Å². The van der Waals surface area contributed by atoms with Crippen LogP contribution in [0.4, 0.5) is 0 Å². The average molecular weight is 465 g/mol. The number of carbonyl (C=O) groups is 1. The number of carbonyl (C=O) groups excluding carboxylic acids is 1. The van der Waals surface area contributed by atoms with Crippen LogP contribution in [0.2, 0.25) is 5.02 Å². The molecule has 0 aliphatic carbocycles. The molecule has 31 heavy (non-hydrogen) atoms. The van der Waals surface area contributed by atoms with Crippen molar-refractivity contribution in [3.8, 4) is 11.3 Å². The van der Waals surface area contributed by atoms with E-state index in [-0.39, 0.29) is 35.3 Å². The Bertz CT molecular complexity index is 1060. The predicted molar refractivity (Wildman–Crippen MR) is 123 cm³/mol. The molecule has 1 fully saturated rings. The van der Waals surface area contributed by atoms with E-state index < -0.39 is 9.84 Å². The molecule has 1 aromatic carbocycles. The van der Waals surface area contributed by atoms with Gasteiger partial charge in [0, 0.05) is 29.5 Å². The topological polar surface area (TPSA) is 86.1 Å².